The molecule has 0 aliphatic carbocycles. The van der Waals surface area contributed by atoms with E-state index < -0.39 is 7.32 Å². The molecule has 5 heteroatoms. The third kappa shape index (κ3) is 2.49. The van der Waals surface area contributed by atoms with E-state index in [4.69, 9.17) is 10.0 Å². The van der Waals surface area contributed by atoms with E-state index in [-0.39, 0.29) is 6.61 Å². The van der Waals surface area contributed by atoms with E-state index in [2.05, 4.69) is 4.65 Å². The molecule has 0 amide bonds. The average Bonchev–Trinajstić information content (AvgIpc) is 2.34. The van der Waals surface area contributed by atoms with Gasteiger partial charge in [0.2, 0.25) is 0 Å². The van der Waals surface area contributed by atoms with Gasteiger partial charge in [-0.05, 0) is 11.4 Å². The first kappa shape index (κ1) is 7.75. The second kappa shape index (κ2) is 3.73. The van der Waals surface area contributed by atoms with Crippen LogP contribution in [0.2, 0.25) is 0 Å². The van der Waals surface area contributed by atoms with Crippen molar-refractivity contribution in [2.75, 3.05) is 0 Å². The molecule has 3 nitrogen and oxygen atoms in total. The van der Waals surface area contributed by atoms with Crippen LogP contribution >= 0.6 is 11.3 Å². The van der Waals surface area contributed by atoms with Crippen molar-refractivity contribution < 1.29 is 14.7 Å². The first-order chi connectivity index (χ1) is 4.79. The summed E-state index contributed by atoms with van der Waals surface area (Å²) in [6.45, 7) is 0.259. The molecule has 0 aromatic carbocycles. The molecule has 0 atom stereocenters. The minimum atomic E-state index is -1.66. The van der Waals surface area contributed by atoms with Crippen molar-refractivity contribution >= 4 is 18.7 Å². The average molecular weight is 158 g/mol. The van der Waals surface area contributed by atoms with Crippen molar-refractivity contribution in [1.29, 1.82) is 0 Å². The van der Waals surface area contributed by atoms with Gasteiger partial charge in [-0.1, -0.05) is 6.07 Å². The summed E-state index contributed by atoms with van der Waals surface area (Å²) in [6.07, 6.45) is 0. The van der Waals surface area contributed by atoms with Crippen LogP contribution in [0.5, 0.6) is 0 Å². The summed E-state index contributed by atoms with van der Waals surface area (Å²) in [5.74, 6) is 0. The molecule has 0 fully saturated rings. The highest BCUT2D eigenvalue weighted by Gasteiger charge is 2.07. The number of thiophene rings is 1. The fraction of sp³-hybridized carbons (Fsp3) is 0.200. The largest absolute Gasteiger partial charge is 0.634 e. The summed E-state index contributed by atoms with van der Waals surface area (Å²) in [5, 5.41) is 18.5. The Kier molecular flexibility index (Phi) is 2.89. The summed E-state index contributed by atoms with van der Waals surface area (Å²) in [6, 6.07) is 3.75. The lowest BCUT2D eigenvalue weighted by molar-refractivity contribution is 0.178. The van der Waals surface area contributed by atoms with Gasteiger partial charge < -0.3 is 14.7 Å². The molecule has 1 aromatic rings. The predicted molar refractivity (Wildman–Crippen MR) is 39.3 cm³/mol. The Labute approximate surface area is 63.1 Å². The predicted octanol–water partition coefficient (Wildman–Crippen LogP) is 0.234. The molecule has 1 rings (SSSR count). The molecule has 1 aromatic heterocycles. The van der Waals surface area contributed by atoms with E-state index in [9.17, 15) is 0 Å². The monoisotopic (exact) mass is 158 g/mol. The fourth-order valence-electron chi connectivity index (χ4n) is 0.551. The molecule has 0 spiro atoms. The van der Waals surface area contributed by atoms with E-state index >= 15 is 0 Å². The zero-order valence-electron chi connectivity index (χ0n) is 5.23. The van der Waals surface area contributed by atoms with Gasteiger partial charge in [-0.15, -0.1) is 11.3 Å². The lowest BCUT2D eigenvalue weighted by Gasteiger charge is -1.97. The number of hydrogen-bond donors (Lipinski definition) is 2. The van der Waals surface area contributed by atoms with Gasteiger partial charge in [0, 0.05) is 4.88 Å². The third-order valence-corrected chi connectivity index (χ3v) is 1.80. The Balaban J connectivity index is 2.28. The van der Waals surface area contributed by atoms with Crippen molar-refractivity contribution in [3.8, 4) is 0 Å². The van der Waals surface area contributed by atoms with Gasteiger partial charge in [0.05, 0.1) is 6.61 Å². The first-order valence-corrected chi connectivity index (χ1v) is 3.67. The Morgan fingerprint density at radius 2 is 2.40 bits per heavy atom. The second-order valence-corrected chi connectivity index (χ2v) is 2.75. The van der Waals surface area contributed by atoms with Crippen molar-refractivity contribution in [3.63, 3.8) is 0 Å². The Bertz CT molecular complexity index is 175. The van der Waals surface area contributed by atoms with Crippen LogP contribution in [0.1, 0.15) is 4.88 Å². The molecule has 0 aliphatic heterocycles. The Hall–Kier alpha value is -0.355. The molecule has 10 heavy (non-hydrogen) atoms. The summed E-state index contributed by atoms with van der Waals surface area (Å²) in [5.41, 5.74) is 0. The van der Waals surface area contributed by atoms with E-state index in [1.165, 1.54) is 11.3 Å². The third-order valence-electron chi connectivity index (χ3n) is 0.955. The fourth-order valence-corrected chi connectivity index (χ4v) is 1.18. The van der Waals surface area contributed by atoms with Gasteiger partial charge in [-0.3, -0.25) is 0 Å². The zero-order valence-corrected chi connectivity index (χ0v) is 6.04. The maximum absolute atomic E-state index is 8.29. The number of hydrogen-bond acceptors (Lipinski definition) is 4. The lowest BCUT2D eigenvalue weighted by Crippen LogP contribution is -2.15. The summed E-state index contributed by atoms with van der Waals surface area (Å²) >= 11 is 1.52. The molecule has 0 aliphatic rings. The minimum absolute atomic E-state index is 0.259. The van der Waals surface area contributed by atoms with E-state index in [1.54, 1.807) is 0 Å². The standard InChI is InChI=1S/C5H7BO3S/c7-6(8)9-4-5-2-1-3-10-5/h1-3,7-8H,4H2. The molecule has 0 bridgehead atoms. The van der Waals surface area contributed by atoms with Crippen molar-refractivity contribution in [1.82, 2.24) is 0 Å². The first-order valence-electron chi connectivity index (χ1n) is 2.79. The van der Waals surface area contributed by atoms with Crippen LogP contribution in [0.3, 0.4) is 0 Å². The summed E-state index contributed by atoms with van der Waals surface area (Å²) in [4.78, 5) is 0.980. The molecule has 0 radical (unpaired) electrons. The topological polar surface area (TPSA) is 49.7 Å². The highest BCUT2D eigenvalue weighted by atomic mass is 32.1. The molecule has 0 saturated heterocycles. The van der Waals surface area contributed by atoms with Crippen LogP contribution in [0.25, 0.3) is 0 Å². The van der Waals surface area contributed by atoms with Gasteiger partial charge in [0.25, 0.3) is 0 Å². The second-order valence-electron chi connectivity index (χ2n) is 1.72. The molecular weight excluding hydrogens is 151 g/mol. The molecule has 1 heterocycles. The van der Waals surface area contributed by atoms with Crippen LogP contribution in [-0.2, 0) is 11.3 Å². The van der Waals surface area contributed by atoms with E-state index in [0.29, 0.717) is 0 Å². The molecular formula is C5H7BO3S. The maximum Gasteiger partial charge on any atom is 0.634 e. The lowest BCUT2D eigenvalue weighted by atomic mass is 10.3. The zero-order chi connectivity index (χ0) is 7.40. The maximum atomic E-state index is 8.29. The molecule has 0 saturated carbocycles. The van der Waals surface area contributed by atoms with Gasteiger partial charge in [0.15, 0.2) is 0 Å². The van der Waals surface area contributed by atoms with Crippen LogP contribution in [0.4, 0.5) is 0 Å². The quantitative estimate of drug-likeness (QED) is 0.619. The van der Waals surface area contributed by atoms with Crippen molar-refractivity contribution in [3.05, 3.63) is 22.4 Å². The molecule has 0 unspecified atom stereocenters. The Morgan fingerprint density at radius 3 is 2.90 bits per heavy atom. The van der Waals surface area contributed by atoms with E-state index in [1.807, 2.05) is 17.5 Å². The summed E-state index contributed by atoms with van der Waals surface area (Å²) < 4.78 is 4.51. The SMILES string of the molecule is OB(O)OCc1cccs1. The highest BCUT2D eigenvalue weighted by Crippen LogP contribution is 2.09. The normalized spacial score (nSPS) is 9.80. The van der Waals surface area contributed by atoms with Crippen LogP contribution in [0, 0.1) is 0 Å². The van der Waals surface area contributed by atoms with Gasteiger partial charge in [-0.25, -0.2) is 0 Å². The molecule has 2 N–H and O–H groups in total. The van der Waals surface area contributed by atoms with Crippen LogP contribution in [0.15, 0.2) is 17.5 Å². The van der Waals surface area contributed by atoms with Gasteiger partial charge in [0.1, 0.15) is 0 Å². The smallest absolute Gasteiger partial charge is 0.402 e. The number of rotatable bonds is 3. The highest BCUT2D eigenvalue weighted by molar-refractivity contribution is 7.09. The van der Waals surface area contributed by atoms with Gasteiger partial charge >= 0.3 is 7.32 Å². The van der Waals surface area contributed by atoms with E-state index in [0.717, 1.165) is 4.88 Å². The minimum Gasteiger partial charge on any atom is -0.402 e. The van der Waals surface area contributed by atoms with Crippen molar-refractivity contribution in [2.24, 2.45) is 0 Å². The van der Waals surface area contributed by atoms with Crippen molar-refractivity contribution in [2.45, 2.75) is 6.61 Å². The molecule has 54 valence electrons. The Morgan fingerprint density at radius 1 is 1.60 bits per heavy atom. The summed E-state index contributed by atoms with van der Waals surface area (Å²) in [7, 11) is -1.66. The van der Waals surface area contributed by atoms with Gasteiger partial charge in [-0.2, -0.15) is 0 Å². The van der Waals surface area contributed by atoms with Crippen LogP contribution < -0.4 is 0 Å². The van der Waals surface area contributed by atoms with Crippen LogP contribution in [-0.4, -0.2) is 17.4 Å².